The van der Waals surface area contributed by atoms with E-state index in [-0.39, 0.29) is 23.8 Å². The van der Waals surface area contributed by atoms with Crippen LogP contribution in [0.3, 0.4) is 0 Å². The summed E-state index contributed by atoms with van der Waals surface area (Å²) >= 11 is 0. The zero-order valence-corrected chi connectivity index (χ0v) is 18.3. The fourth-order valence-electron chi connectivity index (χ4n) is 5.05. The highest BCUT2D eigenvalue weighted by atomic mass is 19.4. The van der Waals surface area contributed by atoms with Gasteiger partial charge in [-0.3, -0.25) is 9.78 Å². The summed E-state index contributed by atoms with van der Waals surface area (Å²) in [6.07, 6.45) is -1.75. The molecule has 2 fully saturated rings. The van der Waals surface area contributed by atoms with Crippen molar-refractivity contribution in [3.63, 3.8) is 0 Å². The molecule has 2 aromatic rings. The minimum atomic E-state index is -4.60. The number of amides is 1. The van der Waals surface area contributed by atoms with Crippen LogP contribution in [0.25, 0.3) is 0 Å². The van der Waals surface area contributed by atoms with Crippen molar-refractivity contribution in [3.05, 3.63) is 58.9 Å². The Morgan fingerprint density at radius 1 is 1.27 bits per heavy atom. The summed E-state index contributed by atoms with van der Waals surface area (Å²) in [6, 6.07) is 8.94. The number of aromatic nitrogens is 1. The Balaban J connectivity index is 1.49. The summed E-state index contributed by atoms with van der Waals surface area (Å²) in [4.78, 5) is 20.8. The second kappa shape index (κ2) is 8.67. The van der Waals surface area contributed by atoms with Crippen LogP contribution >= 0.6 is 0 Å². The summed E-state index contributed by atoms with van der Waals surface area (Å²) in [5.41, 5.74) is 0.147. The molecule has 3 heterocycles. The van der Waals surface area contributed by atoms with Gasteiger partial charge in [0, 0.05) is 56.3 Å². The molecule has 2 aliphatic heterocycles. The van der Waals surface area contributed by atoms with Crippen LogP contribution in [0.4, 0.5) is 18.9 Å². The van der Waals surface area contributed by atoms with E-state index in [1.165, 1.54) is 6.07 Å². The molecule has 9 heteroatoms. The van der Waals surface area contributed by atoms with Crippen molar-refractivity contribution in [1.29, 1.82) is 5.26 Å². The minimum Gasteiger partial charge on any atom is -0.396 e. The molecule has 1 amide bonds. The van der Waals surface area contributed by atoms with Crippen molar-refractivity contribution in [2.24, 2.45) is 11.3 Å². The van der Waals surface area contributed by atoms with Crippen molar-refractivity contribution in [2.75, 3.05) is 37.7 Å². The molecule has 0 saturated carbocycles. The maximum Gasteiger partial charge on any atom is 0.417 e. The minimum absolute atomic E-state index is 0.0506. The van der Waals surface area contributed by atoms with Gasteiger partial charge < -0.3 is 14.9 Å². The first-order valence-electron chi connectivity index (χ1n) is 10.9. The number of halogens is 3. The molecule has 0 radical (unpaired) electrons. The Bertz CT molecular complexity index is 1070. The first-order valence-corrected chi connectivity index (χ1v) is 10.9. The fraction of sp³-hybridized carbons (Fsp3) is 0.458. The topological polar surface area (TPSA) is 80.5 Å². The molecule has 0 bridgehead atoms. The van der Waals surface area contributed by atoms with Crippen LogP contribution in [-0.2, 0) is 6.18 Å². The van der Waals surface area contributed by atoms with Gasteiger partial charge in [0.1, 0.15) is 0 Å². The number of hydrogen-bond donors (Lipinski definition) is 1. The van der Waals surface area contributed by atoms with E-state index < -0.39 is 17.3 Å². The lowest BCUT2D eigenvalue weighted by molar-refractivity contribution is -0.137. The van der Waals surface area contributed by atoms with Crippen LogP contribution in [0, 0.1) is 29.6 Å². The number of rotatable bonds is 3. The number of anilines is 1. The molecule has 6 nitrogen and oxygen atoms in total. The van der Waals surface area contributed by atoms with Crippen LogP contribution in [0.2, 0.25) is 0 Å². The number of alkyl halides is 3. The molecule has 1 spiro atoms. The Morgan fingerprint density at radius 2 is 2.00 bits per heavy atom. The van der Waals surface area contributed by atoms with E-state index in [2.05, 4.69) is 4.98 Å². The van der Waals surface area contributed by atoms with E-state index in [1.54, 1.807) is 35.4 Å². The monoisotopic (exact) mass is 458 g/mol. The van der Waals surface area contributed by atoms with Crippen molar-refractivity contribution < 1.29 is 23.1 Å². The van der Waals surface area contributed by atoms with Gasteiger partial charge in [-0.25, -0.2) is 0 Å². The van der Waals surface area contributed by atoms with E-state index in [1.807, 2.05) is 11.8 Å². The van der Waals surface area contributed by atoms with Gasteiger partial charge in [0.2, 0.25) is 0 Å². The Labute approximate surface area is 190 Å². The van der Waals surface area contributed by atoms with Crippen LogP contribution in [0.1, 0.15) is 40.0 Å². The average Bonchev–Trinajstić information content (AvgIpc) is 3.16. The lowest BCUT2D eigenvalue weighted by atomic mass is 9.71. The van der Waals surface area contributed by atoms with E-state index in [4.69, 9.17) is 5.26 Å². The summed E-state index contributed by atoms with van der Waals surface area (Å²) in [7, 11) is 0. The molecular weight excluding hydrogens is 433 g/mol. The van der Waals surface area contributed by atoms with Crippen molar-refractivity contribution in [2.45, 2.75) is 25.9 Å². The van der Waals surface area contributed by atoms with Crippen LogP contribution in [-0.4, -0.2) is 53.7 Å². The van der Waals surface area contributed by atoms with Gasteiger partial charge in [-0.1, -0.05) is 0 Å². The van der Waals surface area contributed by atoms with Gasteiger partial charge in [0.05, 0.1) is 22.8 Å². The predicted molar refractivity (Wildman–Crippen MR) is 115 cm³/mol. The molecule has 1 unspecified atom stereocenters. The van der Waals surface area contributed by atoms with Gasteiger partial charge in [0.25, 0.3) is 5.91 Å². The first kappa shape index (κ1) is 23.1. The third kappa shape index (κ3) is 4.40. The number of nitriles is 1. The smallest absolute Gasteiger partial charge is 0.396 e. The van der Waals surface area contributed by atoms with Crippen molar-refractivity contribution in [1.82, 2.24) is 9.88 Å². The highest BCUT2D eigenvalue weighted by molar-refractivity contribution is 5.94. The molecule has 2 saturated heterocycles. The second-order valence-electron chi connectivity index (χ2n) is 8.94. The number of likely N-dealkylation sites (tertiary alicyclic amines) is 1. The number of carbonyl (C=O) groups excluding carboxylic acids is 1. The number of aryl methyl sites for hydroxylation is 1. The summed E-state index contributed by atoms with van der Waals surface area (Å²) in [6.45, 7) is 3.76. The third-order valence-electron chi connectivity index (χ3n) is 7.03. The zero-order chi connectivity index (χ0) is 23.8. The zero-order valence-electron chi connectivity index (χ0n) is 18.3. The van der Waals surface area contributed by atoms with E-state index in [0.717, 1.165) is 11.8 Å². The molecule has 1 atom stereocenters. The largest absolute Gasteiger partial charge is 0.417 e. The van der Waals surface area contributed by atoms with E-state index >= 15 is 0 Å². The lowest BCUT2D eigenvalue weighted by Gasteiger charge is -2.43. The Morgan fingerprint density at radius 3 is 2.58 bits per heavy atom. The van der Waals surface area contributed by atoms with Gasteiger partial charge in [-0.15, -0.1) is 0 Å². The Kier molecular flexibility index (Phi) is 6.06. The SMILES string of the molecule is Cc1ccc(C(=O)N2CC(CO)C3(CCN(c4ccc(C#N)c(C(F)(F)F)c4)CC3)C2)cn1. The molecule has 33 heavy (non-hydrogen) atoms. The molecule has 174 valence electrons. The molecule has 1 aromatic carbocycles. The predicted octanol–water partition coefficient (Wildman–Crippen LogP) is 3.63. The van der Waals surface area contributed by atoms with E-state index in [9.17, 15) is 23.1 Å². The maximum atomic E-state index is 13.4. The lowest BCUT2D eigenvalue weighted by Crippen LogP contribution is -2.45. The normalized spacial score (nSPS) is 20.2. The standard InChI is InChI=1S/C24H25F3N4O2/c1-16-2-3-18(12-29-16)22(33)31-13-19(14-32)23(15-31)6-8-30(9-7-23)20-5-4-17(11-28)21(10-20)24(25,26)27/h2-5,10,12,19,32H,6-9,13-15H2,1H3. The fourth-order valence-corrected chi connectivity index (χ4v) is 5.05. The molecule has 2 aliphatic rings. The van der Waals surface area contributed by atoms with E-state index in [0.29, 0.717) is 50.3 Å². The molecule has 1 N–H and O–H groups in total. The van der Waals surface area contributed by atoms with Gasteiger partial charge in [0.15, 0.2) is 0 Å². The summed E-state index contributed by atoms with van der Waals surface area (Å²) in [5, 5.41) is 19.1. The maximum absolute atomic E-state index is 13.4. The number of hydrogen-bond acceptors (Lipinski definition) is 5. The number of piperidine rings is 1. The highest BCUT2D eigenvalue weighted by Gasteiger charge is 2.49. The molecular formula is C24H25F3N4O2. The van der Waals surface area contributed by atoms with Crippen molar-refractivity contribution >= 4 is 11.6 Å². The second-order valence-corrected chi connectivity index (χ2v) is 8.94. The average molecular weight is 458 g/mol. The third-order valence-corrected chi connectivity index (χ3v) is 7.03. The molecule has 0 aliphatic carbocycles. The van der Waals surface area contributed by atoms with Crippen LogP contribution < -0.4 is 4.90 Å². The van der Waals surface area contributed by atoms with Gasteiger partial charge >= 0.3 is 6.18 Å². The number of carbonyl (C=O) groups is 1. The van der Waals surface area contributed by atoms with Gasteiger partial charge in [-0.2, -0.15) is 18.4 Å². The van der Waals surface area contributed by atoms with Crippen LogP contribution in [0.5, 0.6) is 0 Å². The summed E-state index contributed by atoms with van der Waals surface area (Å²) < 4.78 is 40.1. The number of aliphatic hydroxyl groups is 1. The number of aliphatic hydroxyl groups excluding tert-OH is 1. The number of nitrogens with zero attached hydrogens (tertiary/aromatic N) is 4. The highest BCUT2D eigenvalue weighted by Crippen LogP contribution is 2.46. The number of pyridine rings is 1. The Hall–Kier alpha value is -3.12. The van der Waals surface area contributed by atoms with Gasteiger partial charge in [-0.05, 0) is 55.5 Å². The molecule has 1 aromatic heterocycles. The quantitative estimate of drug-likeness (QED) is 0.760. The first-order chi connectivity index (χ1) is 15.7. The summed E-state index contributed by atoms with van der Waals surface area (Å²) in [5.74, 6) is -0.212. The number of benzene rings is 1. The van der Waals surface area contributed by atoms with Crippen LogP contribution in [0.15, 0.2) is 36.5 Å². The van der Waals surface area contributed by atoms with Crippen molar-refractivity contribution in [3.8, 4) is 6.07 Å². The molecule has 4 rings (SSSR count).